The van der Waals surface area contributed by atoms with Crippen LogP contribution in [0.1, 0.15) is 28.2 Å². The molecule has 1 aromatic carbocycles. The fraction of sp³-hybridized carbons (Fsp3) is 0.333. The second-order valence-electron chi connectivity index (χ2n) is 4.03. The van der Waals surface area contributed by atoms with E-state index in [0.717, 1.165) is 30.7 Å². The number of carboxylic acid groups (broad SMARTS) is 1. The second-order valence-corrected chi connectivity index (χ2v) is 4.03. The lowest BCUT2D eigenvalue weighted by molar-refractivity contribution is 0.0696. The van der Waals surface area contributed by atoms with Crippen molar-refractivity contribution in [2.45, 2.75) is 19.3 Å². The molecule has 2 rings (SSSR count). The maximum Gasteiger partial charge on any atom is 0.335 e. The van der Waals surface area contributed by atoms with Crippen molar-refractivity contribution in [3.05, 3.63) is 35.2 Å². The maximum absolute atomic E-state index is 10.9. The Labute approximate surface area is 109 Å². The SMILES string of the molecule is COc1cc(C(=O)O)ccc1CCCc1nnn[nH]1. The van der Waals surface area contributed by atoms with Gasteiger partial charge in [-0.1, -0.05) is 6.07 Å². The summed E-state index contributed by atoms with van der Waals surface area (Å²) in [6, 6.07) is 4.89. The van der Waals surface area contributed by atoms with E-state index in [-0.39, 0.29) is 5.56 Å². The van der Waals surface area contributed by atoms with Gasteiger partial charge in [-0.05, 0) is 41.0 Å². The summed E-state index contributed by atoms with van der Waals surface area (Å²) >= 11 is 0. The van der Waals surface area contributed by atoms with Gasteiger partial charge in [0.1, 0.15) is 11.6 Å². The molecule has 0 radical (unpaired) electrons. The van der Waals surface area contributed by atoms with Crippen molar-refractivity contribution in [2.24, 2.45) is 0 Å². The van der Waals surface area contributed by atoms with E-state index >= 15 is 0 Å². The third-order valence-electron chi connectivity index (χ3n) is 2.78. The minimum atomic E-state index is -0.961. The van der Waals surface area contributed by atoms with Gasteiger partial charge in [0, 0.05) is 6.42 Å². The molecular weight excluding hydrogens is 248 g/mol. The minimum absolute atomic E-state index is 0.222. The molecule has 7 heteroatoms. The Balaban J connectivity index is 2.01. The number of aryl methyl sites for hydroxylation is 2. The van der Waals surface area contributed by atoms with Crippen LogP contribution in [-0.4, -0.2) is 38.8 Å². The Hall–Kier alpha value is -2.44. The van der Waals surface area contributed by atoms with Gasteiger partial charge in [-0.3, -0.25) is 0 Å². The van der Waals surface area contributed by atoms with Gasteiger partial charge in [-0.2, -0.15) is 0 Å². The molecule has 100 valence electrons. The van der Waals surface area contributed by atoms with Gasteiger partial charge in [-0.15, -0.1) is 5.10 Å². The molecule has 0 fully saturated rings. The molecule has 0 atom stereocenters. The number of nitrogens with one attached hydrogen (secondary N) is 1. The zero-order valence-electron chi connectivity index (χ0n) is 10.5. The van der Waals surface area contributed by atoms with Crippen LogP contribution in [0.15, 0.2) is 18.2 Å². The quantitative estimate of drug-likeness (QED) is 0.807. The van der Waals surface area contributed by atoms with E-state index in [1.807, 2.05) is 0 Å². The van der Waals surface area contributed by atoms with Crippen LogP contribution in [0.4, 0.5) is 0 Å². The van der Waals surface area contributed by atoms with Gasteiger partial charge >= 0.3 is 5.97 Å². The molecular formula is C12H14N4O3. The zero-order valence-corrected chi connectivity index (χ0v) is 10.5. The van der Waals surface area contributed by atoms with Crippen LogP contribution in [-0.2, 0) is 12.8 Å². The molecule has 0 unspecified atom stereocenters. The Morgan fingerprint density at radius 1 is 1.42 bits per heavy atom. The smallest absolute Gasteiger partial charge is 0.335 e. The second kappa shape index (κ2) is 5.94. The number of hydrogen-bond donors (Lipinski definition) is 2. The number of carbonyl (C=O) groups is 1. The van der Waals surface area contributed by atoms with Crippen molar-refractivity contribution < 1.29 is 14.6 Å². The molecule has 2 aromatic rings. The Kier molecular flexibility index (Phi) is 4.07. The van der Waals surface area contributed by atoms with Gasteiger partial charge in [0.15, 0.2) is 0 Å². The summed E-state index contributed by atoms with van der Waals surface area (Å²) < 4.78 is 5.21. The topological polar surface area (TPSA) is 101 Å². The number of ether oxygens (including phenoxy) is 1. The highest BCUT2D eigenvalue weighted by Crippen LogP contribution is 2.22. The Morgan fingerprint density at radius 2 is 2.26 bits per heavy atom. The van der Waals surface area contributed by atoms with E-state index in [1.165, 1.54) is 13.2 Å². The Bertz CT molecular complexity index is 554. The number of aromatic nitrogens is 4. The van der Waals surface area contributed by atoms with Crippen LogP contribution >= 0.6 is 0 Å². The number of benzene rings is 1. The molecule has 2 N–H and O–H groups in total. The summed E-state index contributed by atoms with van der Waals surface area (Å²) in [5.74, 6) is 0.370. The summed E-state index contributed by atoms with van der Waals surface area (Å²) in [6.45, 7) is 0. The van der Waals surface area contributed by atoms with Crippen molar-refractivity contribution in [1.82, 2.24) is 20.6 Å². The number of rotatable bonds is 6. The summed E-state index contributed by atoms with van der Waals surface area (Å²) in [4.78, 5) is 10.9. The number of methoxy groups -OCH3 is 1. The third kappa shape index (κ3) is 3.27. The molecule has 0 saturated heterocycles. The number of aromatic carboxylic acids is 1. The summed E-state index contributed by atoms with van der Waals surface area (Å²) in [6.07, 6.45) is 2.35. The number of carboxylic acids is 1. The van der Waals surface area contributed by atoms with E-state index in [9.17, 15) is 4.79 Å². The first-order valence-electron chi connectivity index (χ1n) is 5.83. The van der Waals surface area contributed by atoms with E-state index < -0.39 is 5.97 Å². The molecule has 0 spiro atoms. The highest BCUT2D eigenvalue weighted by molar-refractivity contribution is 5.88. The number of tetrazole rings is 1. The summed E-state index contributed by atoms with van der Waals surface area (Å²) in [5.41, 5.74) is 1.19. The van der Waals surface area contributed by atoms with Crippen LogP contribution in [0, 0.1) is 0 Å². The van der Waals surface area contributed by atoms with Crippen LogP contribution in [0.3, 0.4) is 0 Å². The van der Waals surface area contributed by atoms with E-state index in [4.69, 9.17) is 9.84 Å². The van der Waals surface area contributed by atoms with Gasteiger partial charge < -0.3 is 9.84 Å². The number of nitrogens with zero attached hydrogens (tertiary/aromatic N) is 3. The maximum atomic E-state index is 10.9. The van der Waals surface area contributed by atoms with Crippen molar-refractivity contribution >= 4 is 5.97 Å². The average molecular weight is 262 g/mol. The number of H-pyrrole nitrogens is 1. The monoisotopic (exact) mass is 262 g/mol. The normalized spacial score (nSPS) is 10.4. The molecule has 1 heterocycles. The van der Waals surface area contributed by atoms with Gasteiger partial charge in [-0.25, -0.2) is 9.89 Å². The van der Waals surface area contributed by atoms with Crippen molar-refractivity contribution in [3.63, 3.8) is 0 Å². The van der Waals surface area contributed by atoms with E-state index in [2.05, 4.69) is 20.6 Å². The first-order valence-corrected chi connectivity index (χ1v) is 5.83. The standard InChI is InChI=1S/C12H14N4O3/c1-19-10-7-9(12(17)18)6-5-8(10)3-2-4-11-13-15-16-14-11/h5-7H,2-4H2,1H3,(H,17,18)(H,13,14,15,16). The fourth-order valence-electron chi connectivity index (χ4n) is 1.82. The highest BCUT2D eigenvalue weighted by Gasteiger charge is 2.09. The summed E-state index contributed by atoms with van der Waals surface area (Å²) in [7, 11) is 1.53. The molecule has 0 aliphatic carbocycles. The van der Waals surface area contributed by atoms with Crippen LogP contribution in [0.25, 0.3) is 0 Å². The first-order chi connectivity index (χ1) is 9.20. The average Bonchev–Trinajstić information content (AvgIpc) is 2.92. The van der Waals surface area contributed by atoms with E-state index in [0.29, 0.717) is 5.75 Å². The lowest BCUT2D eigenvalue weighted by Crippen LogP contribution is -2.00. The van der Waals surface area contributed by atoms with E-state index in [1.54, 1.807) is 12.1 Å². The highest BCUT2D eigenvalue weighted by atomic mass is 16.5. The lowest BCUT2D eigenvalue weighted by atomic mass is 10.0. The molecule has 0 bridgehead atoms. The molecule has 0 amide bonds. The molecule has 0 saturated carbocycles. The third-order valence-corrected chi connectivity index (χ3v) is 2.78. The molecule has 0 aliphatic heterocycles. The van der Waals surface area contributed by atoms with Crippen LogP contribution in [0.5, 0.6) is 5.75 Å². The zero-order chi connectivity index (χ0) is 13.7. The fourth-order valence-corrected chi connectivity index (χ4v) is 1.82. The lowest BCUT2D eigenvalue weighted by Gasteiger charge is -2.08. The van der Waals surface area contributed by atoms with Crippen molar-refractivity contribution in [1.29, 1.82) is 0 Å². The Morgan fingerprint density at radius 3 is 2.89 bits per heavy atom. The van der Waals surface area contributed by atoms with Crippen molar-refractivity contribution in [3.8, 4) is 5.75 Å². The molecule has 19 heavy (non-hydrogen) atoms. The van der Waals surface area contributed by atoms with Gasteiger partial charge in [0.05, 0.1) is 12.7 Å². The molecule has 1 aromatic heterocycles. The van der Waals surface area contributed by atoms with Crippen LogP contribution in [0.2, 0.25) is 0 Å². The van der Waals surface area contributed by atoms with Crippen LogP contribution < -0.4 is 4.74 Å². The molecule has 7 nitrogen and oxygen atoms in total. The minimum Gasteiger partial charge on any atom is -0.496 e. The largest absolute Gasteiger partial charge is 0.496 e. The number of hydrogen-bond acceptors (Lipinski definition) is 5. The summed E-state index contributed by atoms with van der Waals surface area (Å²) in [5, 5.41) is 22.4. The number of aromatic amines is 1. The van der Waals surface area contributed by atoms with Crippen molar-refractivity contribution in [2.75, 3.05) is 7.11 Å². The van der Waals surface area contributed by atoms with Gasteiger partial charge in [0.25, 0.3) is 0 Å². The predicted molar refractivity (Wildman–Crippen MR) is 66.2 cm³/mol. The first kappa shape index (κ1) is 13.0. The molecule has 0 aliphatic rings. The van der Waals surface area contributed by atoms with Gasteiger partial charge in [0.2, 0.25) is 0 Å². The predicted octanol–water partition coefficient (Wildman–Crippen LogP) is 1.08.